The van der Waals surface area contributed by atoms with Crippen molar-refractivity contribution in [3.05, 3.63) is 59.7 Å². The second kappa shape index (κ2) is 6.44. The van der Waals surface area contributed by atoms with Crippen LogP contribution in [0.25, 0.3) is 0 Å². The maximum Gasteiger partial charge on any atom is 0.263 e. The Morgan fingerprint density at radius 1 is 1.10 bits per heavy atom. The van der Waals surface area contributed by atoms with E-state index >= 15 is 0 Å². The zero-order chi connectivity index (χ0) is 15.3. The highest BCUT2D eigenvalue weighted by Gasteiger charge is 2.17. The lowest BCUT2D eigenvalue weighted by molar-refractivity contribution is 0.350. The summed E-state index contributed by atoms with van der Waals surface area (Å²) in [5, 5.41) is 8.74. The molecule has 2 N–H and O–H groups in total. The smallest absolute Gasteiger partial charge is 0.263 e. The van der Waals surface area contributed by atoms with Gasteiger partial charge in [0.05, 0.1) is 0 Å². The van der Waals surface area contributed by atoms with Crippen LogP contribution in [-0.2, 0) is 10.0 Å². The average Bonchev–Trinajstić information content (AvgIpc) is 2.47. The van der Waals surface area contributed by atoms with E-state index in [0.29, 0.717) is 11.3 Å². The number of hydrogen-bond donors (Lipinski definition) is 2. The standard InChI is InChI=1S/C16H15NO3S/c1-13-8-10-15(11-9-13)17-21(19,20)16-7-3-2-5-14(16)6-4-12-18/h2-3,5,7-11,17-18H,12H2,1H3. The highest BCUT2D eigenvalue weighted by Crippen LogP contribution is 2.19. The van der Waals surface area contributed by atoms with Gasteiger partial charge in [-0.3, -0.25) is 4.72 Å². The van der Waals surface area contributed by atoms with Gasteiger partial charge in [0.25, 0.3) is 10.0 Å². The predicted molar refractivity (Wildman–Crippen MR) is 82.4 cm³/mol. The first kappa shape index (κ1) is 15.1. The molecule has 0 unspecified atom stereocenters. The van der Waals surface area contributed by atoms with Crippen LogP contribution in [0.5, 0.6) is 0 Å². The summed E-state index contributed by atoms with van der Waals surface area (Å²) in [6.45, 7) is 1.61. The monoisotopic (exact) mass is 301 g/mol. The molecular formula is C16H15NO3S. The number of benzene rings is 2. The summed E-state index contributed by atoms with van der Waals surface area (Å²) in [6, 6.07) is 13.5. The molecule has 0 aliphatic heterocycles. The summed E-state index contributed by atoms with van der Waals surface area (Å²) < 4.78 is 27.4. The second-order valence-corrected chi connectivity index (χ2v) is 6.08. The lowest BCUT2D eigenvalue weighted by Crippen LogP contribution is -2.14. The molecule has 4 nitrogen and oxygen atoms in total. The summed E-state index contributed by atoms with van der Waals surface area (Å²) >= 11 is 0. The second-order valence-electron chi connectivity index (χ2n) is 4.43. The van der Waals surface area contributed by atoms with Crippen LogP contribution in [0.1, 0.15) is 11.1 Å². The molecule has 0 heterocycles. The van der Waals surface area contributed by atoms with Crippen LogP contribution in [0, 0.1) is 18.8 Å². The van der Waals surface area contributed by atoms with Crippen LogP contribution in [0.4, 0.5) is 5.69 Å². The van der Waals surface area contributed by atoms with Crippen molar-refractivity contribution in [1.29, 1.82) is 0 Å². The van der Waals surface area contributed by atoms with E-state index in [0.717, 1.165) is 5.56 Å². The van der Waals surface area contributed by atoms with Crippen LogP contribution in [0.2, 0.25) is 0 Å². The summed E-state index contributed by atoms with van der Waals surface area (Å²) in [4.78, 5) is 0.0894. The quantitative estimate of drug-likeness (QED) is 0.854. The fourth-order valence-electron chi connectivity index (χ4n) is 1.77. The molecule has 0 saturated carbocycles. The SMILES string of the molecule is Cc1ccc(NS(=O)(=O)c2ccccc2C#CCO)cc1. The number of aryl methyl sites for hydroxylation is 1. The van der Waals surface area contributed by atoms with Gasteiger partial charge in [-0.15, -0.1) is 0 Å². The Labute approximate surface area is 124 Å². The molecule has 0 amide bonds. The van der Waals surface area contributed by atoms with Gasteiger partial charge in [-0.05, 0) is 31.2 Å². The van der Waals surface area contributed by atoms with E-state index in [-0.39, 0.29) is 11.5 Å². The third-order valence-electron chi connectivity index (χ3n) is 2.78. The maximum absolute atomic E-state index is 12.4. The van der Waals surface area contributed by atoms with Crippen LogP contribution >= 0.6 is 0 Å². The number of hydrogen-bond acceptors (Lipinski definition) is 3. The minimum Gasteiger partial charge on any atom is -0.384 e. The highest BCUT2D eigenvalue weighted by atomic mass is 32.2. The van der Waals surface area contributed by atoms with Crippen molar-refractivity contribution in [2.45, 2.75) is 11.8 Å². The highest BCUT2D eigenvalue weighted by molar-refractivity contribution is 7.92. The molecule has 0 saturated heterocycles. The van der Waals surface area contributed by atoms with Crippen molar-refractivity contribution in [2.24, 2.45) is 0 Å². The molecule has 5 heteroatoms. The van der Waals surface area contributed by atoms with E-state index in [1.54, 1.807) is 30.3 Å². The topological polar surface area (TPSA) is 66.4 Å². The maximum atomic E-state index is 12.4. The third-order valence-corrected chi connectivity index (χ3v) is 4.22. The zero-order valence-corrected chi connectivity index (χ0v) is 12.3. The Morgan fingerprint density at radius 2 is 1.76 bits per heavy atom. The number of sulfonamides is 1. The number of aliphatic hydroxyl groups is 1. The molecule has 0 atom stereocenters. The van der Waals surface area contributed by atoms with Crippen molar-refractivity contribution in [1.82, 2.24) is 0 Å². The van der Waals surface area contributed by atoms with Gasteiger partial charge in [0.15, 0.2) is 0 Å². The largest absolute Gasteiger partial charge is 0.384 e. The molecule has 108 valence electrons. The Morgan fingerprint density at radius 3 is 2.43 bits per heavy atom. The molecule has 0 spiro atoms. The molecule has 2 rings (SSSR count). The zero-order valence-electron chi connectivity index (χ0n) is 11.5. The molecule has 0 aliphatic rings. The summed E-state index contributed by atoms with van der Waals surface area (Å²) in [5.41, 5.74) is 1.89. The number of anilines is 1. The molecule has 0 aromatic heterocycles. The van der Waals surface area contributed by atoms with Crippen LogP contribution in [-0.4, -0.2) is 20.1 Å². The van der Waals surface area contributed by atoms with E-state index < -0.39 is 10.0 Å². The van der Waals surface area contributed by atoms with E-state index in [4.69, 9.17) is 5.11 Å². The predicted octanol–water partition coefficient (Wildman–Crippen LogP) is 2.14. The van der Waals surface area contributed by atoms with Gasteiger partial charge in [-0.1, -0.05) is 41.7 Å². The summed E-state index contributed by atoms with van der Waals surface area (Å²) in [6.07, 6.45) is 0. The van der Waals surface area contributed by atoms with Crippen molar-refractivity contribution in [3.8, 4) is 11.8 Å². The minimum atomic E-state index is -3.72. The van der Waals surface area contributed by atoms with Gasteiger partial charge in [-0.25, -0.2) is 8.42 Å². The molecule has 21 heavy (non-hydrogen) atoms. The normalized spacial score (nSPS) is 10.6. The van der Waals surface area contributed by atoms with Gasteiger partial charge in [0.1, 0.15) is 11.5 Å². The van der Waals surface area contributed by atoms with Crippen LogP contribution in [0.15, 0.2) is 53.4 Å². The van der Waals surface area contributed by atoms with Crippen LogP contribution in [0.3, 0.4) is 0 Å². The van der Waals surface area contributed by atoms with Crippen molar-refractivity contribution in [2.75, 3.05) is 11.3 Å². The fourth-order valence-corrected chi connectivity index (χ4v) is 2.99. The molecule has 0 bridgehead atoms. The van der Waals surface area contributed by atoms with E-state index in [2.05, 4.69) is 16.6 Å². The molecule has 0 aliphatic carbocycles. The fraction of sp³-hybridized carbons (Fsp3) is 0.125. The first-order chi connectivity index (χ1) is 10.0. The summed E-state index contributed by atoms with van der Waals surface area (Å²) in [5.74, 6) is 5.11. The summed E-state index contributed by atoms with van der Waals surface area (Å²) in [7, 11) is -3.72. The molecule has 0 fully saturated rings. The van der Waals surface area contributed by atoms with Gasteiger partial charge >= 0.3 is 0 Å². The van der Waals surface area contributed by atoms with Gasteiger partial charge in [0, 0.05) is 11.3 Å². The number of aliphatic hydroxyl groups excluding tert-OH is 1. The van der Waals surface area contributed by atoms with Gasteiger partial charge in [0.2, 0.25) is 0 Å². The Hall–Kier alpha value is -2.29. The first-order valence-corrected chi connectivity index (χ1v) is 7.79. The van der Waals surface area contributed by atoms with Crippen molar-refractivity contribution < 1.29 is 13.5 Å². The lowest BCUT2D eigenvalue weighted by atomic mass is 10.2. The third kappa shape index (κ3) is 3.85. The minimum absolute atomic E-state index is 0.0894. The van der Waals surface area contributed by atoms with Crippen LogP contribution < -0.4 is 4.72 Å². The van der Waals surface area contributed by atoms with E-state index in [1.807, 2.05) is 19.1 Å². The van der Waals surface area contributed by atoms with E-state index in [9.17, 15) is 8.42 Å². The number of nitrogens with one attached hydrogen (secondary N) is 1. The average molecular weight is 301 g/mol. The van der Waals surface area contributed by atoms with Crippen molar-refractivity contribution in [3.63, 3.8) is 0 Å². The van der Waals surface area contributed by atoms with Gasteiger partial charge in [-0.2, -0.15) is 0 Å². The lowest BCUT2D eigenvalue weighted by Gasteiger charge is -2.09. The Balaban J connectivity index is 2.38. The molecular weight excluding hydrogens is 286 g/mol. The molecule has 2 aromatic rings. The Kier molecular flexibility index (Phi) is 4.63. The van der Waals surface area contributed by atoms with E-state index in [1.165, 1.54) is 6.07 Å². The van der Waals surface area contributed by atoms with Crippen molar-refractivity contribution >= 4 is 15.7 Å². The molecule has 0 radical (unpaired) electrons. The Bertz CT molecular complexity index is 784. The number of rotatable bonds is 3. The molecule has 2 aromatic carbocycles. The first-order valence-electron chi connectivity index (χ1n) is 6.31. The van der Waals surface area contributed by atoms with Gasteiger partial charge < -0.3 is 5.11 Å².